The first-order valence-electron chi connectivity index (χ1n) is 7.28. The number of amides is 1. The van der Waals surface area contributed by atoms with Crippen molar-refractivity contribution in [2.75, 3.05) is 5.32 Å². The molecule has 3 rings (SSSR count). The van der Waals surface area contributed by atoms with E-state index >= 15 is 0 Å². The third-order valence-electron chi connectivity index (χ3n) is 4.03. The minimum absolute atomic E-state index is 0.0148. The molecule has 0 spiro atoms. The molecule has 1 aliphatic carbocycles. The first-order valence-corrected chi connectivity index (χ1v) is 7.28. The molecular weight excluding hydrogens is 280 g/mol. The SMILES string of the molecule is O=C(Nc1ccc([N+](=O)[O-])cc1)C1CCCc2ccccc21. The number of carbonyl (C=O) groups is 1. The molecule has 5 heteroatoms. The smallest absolute Gasteiger partial charge is 0.269 e. The molecule has 0 saturated heterocycles. The van der Waals surface area contributed by atoms with Gasteiger partial charge in [0.15, 0.2) is 0 Å². The first kappa shape index (κ1) is 14.3. The molecule has 1 atom stereocenters. The summed E-state index contributed by atoms with van der Waals surface area (Å²) in [5.41, 5.74) is 2.92. The Morgan fingerprint density at radius 1 is 1.14 bits per heavy atom. The lowest BCUT2D eigenvalue weighted by atomic mass is 9.82. The fraction of sp³-hybridized carbons (Fsp3) is 0.235. The van der Waals surface area contributed by atoms with Gasteiger partial charge in [0, 0.05) is 17.8 Å². The van der Waals surface area contributed by atoms with Crippen LogP contribution in [0.25, 0.3) is 0 Å². The molecule has 5 nitrogen and oxygen atoms in total. The molecule has 0 radical (unpaired) electrons. The highest BCUT2D eigenvalue weighted by atomic mass is 16.6. The summed E-state index contributed by atoms with van der Waals surface area (Å²) in [6.45, 7) is 0. The number of carbonyl (C=O) groups excluding carboxylic acids is 1. The third-order valence-corrected chi connectivity index (χ3v) is 4.03. The molecule has 0 aromatic heterocycles. The number of nitrogens with one attached hydrogen (secondary N) is 1. The Bertz CT molecular complexity index is 710. The van der Waals surface area contributed by atoms with Gasteiger partial charge in [-0.2, -0.15) is 0 Å². The lowest BCUT2D eigenvalue weighted by Gasteiger charge is -2.24. The van der Waals surface area contributed by atoms with Gasteiger partial charge in [0.1, 0.15) is 0 Å². The minimum atomic E-state index is -0.455. The van der Waals surface area contributed by atoms with Crippen LogP contribution in [0.15, 0.2) is 48.5 Å². The van der Waals surface area contributed by atoms with Crippen LogP contribution in [-0.4, -0.2) is 10.8 Å². The van der Waals surface area contributed by atoms with Gasteiger partial charge in [-0.15, -0.1) is 0 Å². The van der Waals surface area contributed by atoms with Crippen molar-refractivity contribution in [1.82, 2.24) is 0 Å². The molecule has 1 aliphatic rings. The Morgan fingerprint density at radius 3 is 2.59 bits per heavy atom. The largest absolute Gasteiger partial charge is 0.326 e. The molecule has 1 N–H and O–H groups in total. The quantitative estimate of drug-likeness (QED) is 0.694. The normalized spacial score (nSPS) is 16.6. The van der Waals surface area contributed by atoms with Crippen molar-refractivity contribution in [3.63, 3.8) is 0 Å². The molecule has 0 aliphatic heterocycles. The van der Waals surface area contributed by atoms with Gasteiger partial charge < -0.3 is 5.32 Å². The maximum atomic E-state index is 12.5. The molecule has 0 saturated carbocycles. The van der Waals surface area contributed by atoms with Crippen molar-refractivity contribution in [3.05, 3.63) is 69.8 Å². The van der Waals surface area contributed by atoms with Crippen molar-refractivity contribution in [2.24, 2.45) is 0 Å². The molecule has 1 unspecified atom stereocenters. The number of nitro groups is 1. The van der Waals surface area contributed by atoms with E-state index in [9.17, 15) is 14.9 Å². The first-order chi connectivity index (χ1) is 10.6. The second-order valence-corrected chi connectivity index (χ2v) is 5.44. The average Bonchev–Trinajstić information content (AvgIpc) is 2.54. The fourth-order valence-electron chi connectivity index (χ4n) is 2.92. The summed E-state index contributed by atoms with van der Waals surface area (Å²) in [4.78, 5) is 22.7. The van der Waals surface area contributed by atoms with Crippen molar-refractivity contribution >= 4 is 17.3 Å². The predicted molar refractivity (Wildman–Crippen MR) is 83.8 cm³/mol. The van der Waals surface area contributed by atoms with Crippen LogP contribution in [0.4, 0.5) is 11.4 Å². The highest BCUT2D eigenvalue weighted by molar-refractivity contribution is 5.96. The number of nitrogens with zero attached hydrogens (tertiary/aromatic N) is 1. The molecule has 1 amide bonds. The molecule has 2 aromatic rings. The van der Waals surface area contributed by atoms with Crippen LogP contribution in [-0.2, 0) is 11.2 Å². The highest BCUT2D eigenvalue weighted by Crippen LogP contribution is 2.32. The molecule has 0 fully saturated rings. The van der Waals surface area contributed by atoms with E-state index in [1.807, 2.05) is 18.2 Å². The highest BCUT2D eigenvalue weighted by Gasteiger charge is 2.26. The molecule has 112 valence electrons. The minimum Gasteiger partial charge on any atom is -0.326 e. The van der Waals surface area contributed by atoms with Gasteiger partial charge in [0.2, 0.25) is 5.91 Å². The summed E-state index contributed by atoms with van der Waals surface area (Å²) >= 11 is 0. The molecular formula is C17H16N2O3. The number of benzene rings is 2. The van der Waals surface area contributed by atoms with Gasteiger partial charge in [-0.3, -0.25) is 14.9 Å². The Hall–Kier alpha value is -2.69. The summed E-state index contributed by atoms with van der Waals surface area (Å²) in [6.07, 6.45) is 2.84. The monoisotopic (exact) mass is 296 g/mol. The standard InChI is InChI=1S/C17H16N2O3/c20-17(18-13-8-10-14(11-9-13)19(21)22)16-7-3-5-12-4-1-2-6-15(12)16/h1-2,4,6,8-11,16H,3,5,7H2,(H,18,20). The van der Waals surface area contributed by atoms with Crippen LogP contribution in [0, 0.1) is 10.1 Å². The van der Waals surface area contributed by atoms with Crippen molar-refractivity contribution in [1.29, 1.82) is 0 Å². The number of hydrogen-bond donors (Lipinski definition) is 1. The van der Waals surface area contributed by atoms with Crippen molar-refractivity contribution in [3.8, 4) is 0 Å². The van der Waals surface area contributed by atoms with E-state index in [0.29, 0.717) is 5.69 Å². The van der Waals surface area contributed by atoms with E-state index in [1.165, 1.54) is 17.7 Å². The molecule has 0 bridgehead atoms. The molecule has 0 heterocycles. The number of rotatable bonds is 3. The second kappa shape index (κ2) is 5.97. The van der Waals surface area contributed by atoms with Crippen LogP contribution in [0.3, 0.4) is 0 Å². The van der Waals surface area contributed by atoms with Crippen LogP contribution in [0.5, 0.6) is 0 Å². The fourth-order valence-corrected chi connectivity index (χ4v) is 2.92. The van der Waals surface area contributed by atoms with Crippen LogP contribution in [0.1, 0.15) is 29.9 Å². The summed E-state index contributed by atoms with van der Waals surface area (Å²) in [5, 5.41) is 13.5. The summed E-state index contributed by atoms with van der Waals surface area (Å²) in [7, 11) is 0. The van der Waals surface area contributed by atoms with Gasteiger partial charge in [-0.05, 0) is 42.5 Å². The van der Waals surface area contributed by atoms with Crippen molar-refractivity contribution < 1.29 is 9.72 Å². The summed E-state index contributed by atoms with van der Waals surface area (Å²) in [5.74, 6) is -0.207. The maximum absolute atomic E-state index is 12.5. The van der Waals surface area contributed by atoms with Gasteiger partial charge in [-0.25, -0.2) is 0 Å². The number of anilines is 1. The zero-order chi connectivity index (χ0) is 15.5. The van der Waals surface area contributed by atoms with Crippen LogP contribution in [0.2, 0.25) is 0 Å². The zero-order valence-corrected chi connectivity index (χ0v) is 12.0. The van der Waals surface area contributed by atoms with Crippen LogP contribution < -0.4 is 5.32 Å². The van der Waals surface area contributed by atoms with E-state index in [1.54, 1.807) is 12.1 Å². The van der Waals surface area contributed by atoms with E-state index in [-0.39, 0.29) is 17.5 Å². The van der Waals surface area contributed by atoms with Gasteiger partial charge >= 0.3 is 0 Å². The Morgan fingerprint density at radius 2 is 1.86 bits per heavy atom. The number of aryl methyl sites for hydroxylation is 1. The van der Waals surface area contributed by atoms with E-state index in [4.69, 9.17) is 0 Å². The molecule has 22 heavy (non-hydrogen) atoms. The predicted octanol–water partition coefficient (Wildman–Crippen LogP) is 3.65. The maximum Gasteiger partial charge on any atom is 0.269 e. The van der Waals surface area contributed by atoms with E-state index in [2.05, 4.69) is 11.4 Å². The molecule has 2 aromatic carbocycles. The Kier molecular flexibility index (Phi) is 3.87. The number of nitro benzene ring substituents is 1. The average molecular weight is 296 g/mol. The van der Waals surface area contributed by atoms with E-state index < -0.39 is 4.92 Å². The van der Waals surface area contributed by atoms with Gasteiger partial charge in [0.05, 0.1) is 10.8 Å². The van der Waals surface area contributed by atoms with E-state index in [0.717, 1.165) is 24.8 Å². The van der Waals surface area contributed by atoms with Crippen LogP contribution >= 0.6 is 0 Å². The lowest BCUT2D eigenvalue weighted by Crippen LogP contribution is -2.24. The van der Waals surface area contributed by atoms with Gasteiger partial charge in [0.25, 0.3) is 5.69 Å². The Balaban J connectivity index is 1.76. The second-order valence-electron chi connectivity index (χ2n) is 5.44. The summed E-state index contributed by atoms with van der Waals surface area (Å²) in [6, 6.07) is 13.9. The summed E-state index contributed by atoms with van der Waals surface area (Å²) < 4.78 is 0. The number of non-ortho nitro benzene ring substituents is 1. The number of fused-ring (bicyclic) bond motifs is 1. The topological polar surface area (TPSA) is 72.2 Å². The Labute approximate surface area is 128 Å². The zero-order valence-electron chi connectivity index (χ0n) is 12.0. The van der Waals surface area contributed by atoms with Crippen molar-refractivity contribution in [2.45, 2.75) is 25.2 Å². The van der Waals surface area contributed by atoms with Gasteiger partial charge in [-0.1, -0.05) is 24.3 Å². The number of hydrogen-bond acceptors (Lipinski definition) is 3. The lowest BCUT2D eigenvalue weighted by molar-refractivity contribution is -0.384. The third kappa shape index (κ3) is 2.83.